The Hall–Kier alpha value is -3.31. The van der Waals surface area contributed by atoms with Crippen molar-refractivity contribution in [3.8, 4) is 11.3 Å². The molecule has 1 N–H and O–H groups in total. The molecule has 0 bridgehead atoms. The van der Waals surface area contributed by atoms with Gasteiger partial charge in [-0.2, -0.15) is 0 Å². The fourth-order valence-corrected chi connectivity index (χ4v) is 3.27. The molecule has 1 aromatic heterocycles. The first kappa shape index (κ1) is 18.1. The molecule has 0 atom stereocenters. The van der Waals surface area contributed by atoms with Gasteiger partial charge in [-0.15, -0.1) is 0 Å². The van der Waals surface area contributed by atoms with Crippen molar-refractivity contribution in [2.45, 2.75) is 0 Å². The molecule has 0 saturated carbocycles. The highest BCUT2D eigenvalue weighted by molar-refractivity contribution is 6.36. The number of rotatable bonds is 3. The summed E-state index contributed by atoms with van der Waals surface area (Å²) in [4.78, 5) is 26.0. The third-order valence-electron chi connectivity index (χ3n) is 4.48. The van der Waals surface area contributed by atoms with Crippen LogP contribution >= 0.6 is 11.6 Å². The van der Waals surface area contributed by atoms with E-state index in [1.807, 2.05) is 18.2 Å². The highest BCUT2D eigenvalue weighted by Gasteiger charge is 2.24. The number of benzene rings is 2. The first-order chi connectivity index (χ1) is 13.4. The minimum absolute atomic E-state index is 0.0770. The smallest absolute Gasteiger partial charge is 0.256 e. The maximum absolute atomic E-state index is 12.3. The lowest BCUT2D eigenvalue weighted by Gasteiger charge is -2.10. The maximum atomic E-state index is 12.3. The number of furan rings is 1. The van der Waals surface area contributed by atoms with Crippen LogP contribution in [0, 0.1) is 0 Å². The minimum Gasteiger partial charge on any atom is -0.457 e. The molecule has 2 heterocycles. The van der Waals surface area contributed by atoms with Crippen LogP contribution in [0.25, 0.3) is 23.0 Å². The van der Waals surface area contributed by atoms with Gasteiger partial charge in [-0.25, -0.2) is 0 Å². The summed E-state index contributed by atoms with van der Waals surface area (Å²) in [6.45, 7) is 0. The van der Waals surface area contributed by atoms with Crippen molar-refractivity contribution >= 4 is 40.8 Å². The van der Waals surface area contributed by atoms with Crippen molar-refractivity contribution in [2.75, 3.05) is 19.4 Å². The van der Waals surface area contributed by atoms with Crippen LogP contribution in [0.3, 0.4) is 0 Å². The van der Waals surface area contributed by atoms with Crippen molar-refractivity contribution in [3.05, 3.63) is 76.5 Å². The van der Waals surface area contributed by atoms with Gasteiger partial charge >= 0.3 is 0 Å². The summed E-state index contributed by atoms with van der Waals surface area (Å²) in [6.07, 6.45) is 1.69. The number of hydrogen-bond acceptors (Lipinski definition) is 3. The largest absolute Gasteiger partial charge is 0.457 e. The predicted octanol–water partition coefficient (Wildman–Crippen LogP) is 4.79. The minimum atomic E-state index is -0.200. The highest BCUT2D eigenvalue weighted by atomic mass is 35.5. The van der Waals surface area contributed by atoms with Gasteiger partial charge in [0.2, 0.25) is 0 Å². The zero-order valence-electron chi connectivity index (χ0n) is 15.3. The summed E-state index contributed by atoms with van der Waals surface area (Å²) < 4.78 is 5.91. The Balaban J connectivity index is 1.67. The Bertz CT molecular complexity index is 1130. The molecule has 0 saturated heterocycles. The molecule has 0 fully saturated rings. The Kier molecular flexibility index (Phi) is 4.53. The molecule has 0 aliphatic carbocycles. The van der Waals surface area contributed by atoms with E-state index in [2.05, 4.69) is 5.32 Å². The zero-order valence-corrected chi connectivity index (χ0v) is 16.1. The van der Waals surface area contributed by atoms with Crippen LogP contribution in [-0.2, 0) is 4.79 Å². The normalized spacial score (nSPS) is 14.1. The van der Waals surface area contributed by atoms with Crippen LogP contribution in [0.1, 0.15) is 21.7 Å². The summed E-state index contributed by atoms with van der Waals surface area (Å²) in [5.74, 6) is 0.878. The van der Waals surface area contributed by atoms with Gasteiger partial charge in [0, 0.05) is 41.5 Å². The quantitative estimate of drug-likeness (QED) is 0.651. The average molecular weight is 393 g/mol. The Labute approximate surface area is 167 Å². The molecule has 140 valence electrons. The van der Waals surface area contributed by atoms with E-state index in [-0.39, 0.29) is 11.8 Å². The molecule has 3 aromatic rings. The Morgan fingerprint density at radius 3 is 2.71 bits per heavy atom. The van der Waals surface area contributed by atoms with Crippen LogP contribution in [0.5, 0.6) is 0 Å². The summed E-state index contributed by atoms with van der Waals surface area (Å²) in [6, 6.07) is 16.1. The summed E-state index contributed by atoms with van der Waals surface area (Å²) >= 11 is 6.07. The van der Waals surface area contributed by atoms with Crippen LogP contribution in [0.2, 0.25) is 5.02 Å². The summed E-state index contributed by atoms with van der Waals surface area (Å²) in [5.41, 5.74) is 3.33. The van der Waals surface area contributed by atoms with Gasteiger partial charge in [0.05, 0.1) is 5.57 Å². The lowest BCUT2D eigenvalue weighted by atomic mass is 10.1. The van der Waals surface area contributed by atoms with Crippen molar-refractivity contribution in [2.24, 2.45) is 0 Å². The number of carbonyl (C=O) groups excluding carboxylic acids is 2. The fraction of sp³-hybridized carbons (Fsp3) is 0.0909. The predicted molar refractivity (Wildman–Crippen MR) is 110 cm³/mol. The molecule has 2 amide bonds. The molecule has 1 aliphatic rings. The second kappa shape index (κ2) is 7.02. The van der Waals surface area contributed by atoms with Crippen LogP contribution in [0.15, 0.2) is 59.0 Å². The van der Waals surface area contributed by atoms with Gasteiger partial charge in [0.25, 0.3) is 11.8 Å². The Morgan fingerprint density at radius 1 is 1.11 bits per heavy atom. The van der Waals surface area contributed by atoms with E-state index in [4.69, 9.17) is 16.0 Å². The average Bonchev–Trinajstić information content (AvgIpc) is 3.27. The van der Waals surface area contributed by atoms with Gasteiger partial charge in [0.1, 0.15) is 11.5 Å². The topological polar surface area (TPSA) is 62.6 Å². The third-order valence-corrected chi connectivity index (χ3v) is 4.71. The zero-order chi connectivity index (χ0) is 19.8. The third kappa shape index (κ3) is 3.32. The van der Waals surface area contributed by atoms with Gasteiger partial charge in [-0.3, -0.25) is 9.59 Å². The number of hydrogen-bond donors (Lipinski definition) is 1. The van der Waals surface area contributed by atoms with E-state index in [1.54, 1.807) is 56.6 Å². The number of carbonyl (C=O) groups is 2. The molecule has 1 aliphatic heterocycles. The second-order valence-corrected chi connectivity index (χ2v) is 7.12. The number of fused-ring (bicyclic) bond motifs is 1. The molecule has 2 aromatic carbocycles. The maximum Gasteiger partial charge on any atom is 0.256 e. The molecule has 28 heavy (non-hydrogen) atoms. The number of halogens is 1. The molecular formula is C22H17ClN2O3. The van der Waals surface area contributed by atoms with Gasteiger partial charge in [-0.05, 0) is 48.5 Å². The highest BCUT2D eigenvalue weighted by Crippen LogP contribution is 2.35. The van der Waals surface area contributed by atoms with E-state index in [9.17, 15) is 9.59 Å². The Morgan fingerprint density at radius 2 is 1.93 bits per heavy atom. The summed E-state index contributed by atoms with van der Waals surface area (Å²) in [7, 11) is 3.42. The van der Waals surface area contributed by atoms with Crippen molar-refractivity contribution in [1.29, 1.82) is 0 Å². The lowest BCUT2D eigenvalue weighted by Crippen LogP contribution is -2.21. The number of amides is 2. The number of nitrogens with zero attached hydrogens (tertiary/aromatic N) is 1. The summed E-state index contributed by atoms with van der Waals surface area (Å²) in [5, 5.41) is 3.37. The molecule has 5 nitrogen and oxygen atoms in total. The van der Waals surface area contributed by atoms with Crippen LogP contribution < -0.4 is 5.32 Å². The van der Waals surface area contributed by atoms with Crippen LogP contribution in [0.4, 0.5) is 5.69 Å². The molecule has 4 rings (SSSR count). The van der Waals surface area contributed by atoms with E-state index in [0.29, 0.717) is 27.7 Å². The van der Waals surface area contributed by atoms with Crippen molar-refractivity contribution < 1.29 is 14.0 Å². The van der Waals surface area contributed by atoms with E-state index in [0.717, 1.165) is 16.8 Å². The lowest BCUT2D eigenvalue weighted by molar-refractivity contribution is -0.110. The molecule has 0 spiro atoms. The first-order valence-corrected chi connectivity index (χ1v) is 9.05. The van der Waals surface area contributed by atoms with E-state index >= 15 is 0 Å². The number of anilines is 1. The second-order valence-electron chi connectivity index (χ2n) is 6.68. The fourth-order valence-electron chi connectivity index (χ4n) is 3.10. The SMILES string of the molecule is CN(C)C(=O)c1cccc(-c2ccc(/C=C3/C(=O)Nc4ccc(Cl)cc43)o2)c1. The molecule has 0 unspecified atom stereocenters. The van der Waals surface area contributed by atoms with Crippen molar-refractivity contribution in [3.63, 3.8) is 0 Å². The van der Waals surface area contributed by atoms with Gasteiger partial charge in [-0.1, -0.05) is 23.7 Å². The first-order valence-electron chi connectivity index (χ1n) is 8.67. The number of nitrogens with one attached hydrogen (secondary N) is 1. The van der Waals surface area contributed by atoms with E-state index < -0.39 is 0 Å². The molecule has 6 heteroatoms. The van der Waals surface area contributed by atoms with E-state index in [1.165, 1.54) is 4.90 Å². The monoisotopic (exact) mass is 392 g/mol. The molecular weight excluding hydrogens is 376 g/mol. The molecule has 0 radical (unpaired) electrons. The van der Waals surface area contributed by atoms with Gasteiger partial charge < -0.3 is 14.6 Å². The van der Waals surface area contributed by atoms with Gasteiger partial charge in [0.15, 0.2) is 0 Å². The standard InChI is InChI=1S/C22H17ClN2O3/c1-25(2)22(27)14-5-3-4-13(10-14)20-9-7-16(28-20)12-18-17-11-15(23)6-8-19(17)24-21(18)26/h3-12H,1-2H3,(H,24,26)/b18-12+. The van der Waals surface area contributed by atoms with Crippen LogP contribution in [-0.4, -0.2) is 30.8 Å². The van der Waals surface area contributed by atoms with Crippen molar-refractivity contribution in [1.82, 2.24) is 4.90 Å².